The molecule has 0 bridgehead atoms. The van der Waals surface area contributed by atoms with Crippen molar-refractivity contribution in [2.75, 3.05) is 23.3 Å². The highest BCUT2D eigenvalue weighted by atomic mass is 19.1. The van der Waals surface area contributed by atoms with Crippen molar-refractivity contribution in [1.29, 1.82) is 0 Å². The number of aromatic nitrogens is 5. The number of nitrogens with zero attached hydrogens (tertiary/aromatic N) is 5. The molecule has 0 radical (unpaired) electrons. The van der Waals surface area contributed by atoms with Crippen LogP contribution in [0, 0.1) is 5.82 Å². The molecular formula is C28H31FN8. The van der Waals surface area contributed by atoms with Gasteiger partial charge in [0, 0.05) is 53.4 Å². The van der Waals surface area contributed by atoms with Crippen molar-refractivity contribution < 1.29 is 4.39 Å². The summed E-state index contributed by atoms with van der Waals surface area (Å²) in [6.45, 7) is 6.47. The summed E-state index contributed by atoms with van der Waals surface area (Å²) in [6.07, 6.45) is 3.72. The second kappa shape index (κ2) is 9.48. The Labute approximate surface area is 214 Å². The predicted octanol–water partition coefficient (Wildman–Crippen LogP) is 5.07. The fourth-order valence-corrected chi connectivity index (χ4v) is 5.02. The van der Waals surface area contributed by atoms with Gasteiger partial charge in [0.25, 0.3) is 0 Å². The van der Waals surface area contributed by atoms with E-state index in [2.05, 4.69) is 40.2 Å². The number of benzene rings is 2. The van der Waals surface area contributed by atoms with E-state index in [4.69, 9.17) is 15.7 Å². The van der Waals surface area contributed by atoms with Gasteiger partial charge in [-0.05, 0) is 42.5 Å². The summed E-state index contributed by atoms with van der Waals surface area (Å²) >= 11 is 0. The largest absolute Gasteiger partial charge is 0.354 e. The first-order chi connectivity index (χ1) is 18.0. The van der Waals surface area contributed by atoms with Gasteiger partial charge >= 0.3 is 0 Å². The Kier molecular flexibility index (Phi) is 6.00. The first-order valence-corrected chi connectivity index (χ1v) is 12.8. The van der Waals surface area contributed by atoms with E-state index >= 15 is 0 Å². The lowest BCUT2D eigenvalue weighted by Gasteiger charge is -2.30. The standard InChI is InChI=1S/C28H31FN8/c1-17(2)22-16-32-37-26(22)34-28(36-12-10-19(30)11-13-36)35-27(37)31-15-18-6-3-4-7-20(18)25-14-21-23(29)8-5-9-24(21)33-25/h3-9,14,16-17,19,33H,10-13,15,30H2,1-2H3,(H,31,34,35). The number of fused-ring (bicyclic) bond motifs is 2. The van der Waals surface area contributed by atoms with Crippen LogP contribution in [0.4, 0.5) is 16.3 Å². The van der Waals surface area contributed by atoms with Gasteiger partial charge in [0.15, 0.2) is 5.65 Å². The summed E-state index contributed by atoms with van der Waals surface area (Å²) in [5, 5.41) is 8.71. The molecule has 190 valence electrons. The van der Waals surface area contributed by atoms with Gasteiger partial charge in [0.05, 0.1) is 6.20 Å². The van der Waals surface area contributed by atoms with Crippen LogP contribution in [0.3, 0.4) is 0 Å². The molecule has 4 heterocycles. The predicted molar refractivity (Wildman–Crippen MR) is 145 cm³/mol. The fourth-order valence-electron chi connectivity index (χ4n) is 5.02. The van der Waals surface area contributed by atoms with E-state index in [0.29, 0.717) is 23.8 Å². The molecule has 9 heteroatoms. The highest BCUT2D eigenvalue weighted by Gasteiger charge is 2.22. The minimum atomic E-state index is -0.232. The van der Waals surface area contributed by atoms with Gasteiger partial charge in [-0.15, -0.1) is 0 Å². The second-order valence-corrected chi connectivity index (χ2v) is 10.1. The first kappa shape index (κ1) is 23.4. The maximum Gasteiger partial charge on any atom is 0.230 e. The van der Waals surface area contributed by atoms with Crippen molar-refractivity contribution >= 4 is 28.4 Å². The molecule has 5 aromatic rings. The van der Waals surface area contributed by atoms with Crippen LogP contribution in [0.25, 0.3) is 27.8 Å². The maximum absolute atomic E-state index is 14.3. The minimum Gasteiger partial charge on any atom is -0.354 e. The van der Waals surface area contributed by atoms with Gasteiger partial charge in [0.2, 0.25) is 11.9 Å². The molecule has 0 unspecified atom stereocenters. The molecule has 1 aliphatic rings. The maximum atomic E-state index is 14.3. The van der Waals surface area contributed by atoms with E-state index in [9.17, 15) is 4.39 Å². The smallest absolute Gasteiger partial charge is 0.230 e. The zero-order chi connectivity index (χ0) is 25.5. The lowest BCUT2D eigenvalue weighted by atomic mass is 10.0. The zero-order valence-electron chi connectivity index (χ0n) is 21.1. The number of piperidine rings is 1. The monoisotopic (exact) mass is 498 g/mol. The van der Waals surface area contributed by atoms with E-state index in [1.165, 1.54) is 6.07 Å². The number of nitrogens with one attached hydrogen (secondary N) is 2. The molecular weight excluding hydrogens is 467 g/mol. The molecule has 8 nitrogen and oxygen atoms in total. The van der Waals surface area contributed by atoms with Crippen LogP contribution >= 0.6 is 0 Å². The van der Waals surface area contributed by atoms with Gasteiger partial charge in [0.1, 0.15) is 5.82 Å². The average Bonchev–Trinajstić information content (AvgIpc) is 3.53. The third kappa shape index (κ3) is 4.40. The number of H-pyrrole nitrogens is 1. The van der Waals surface area contributed by atoms with E-state index in [0.717, 1.165) is 59.5 Å². The second-order valence-electron chi connectivity index (χ2n) is 10.1. The quantitative estimate of drug-likeness (QED) is 0.302. The first-order valence-electron chi connectivity index (χ1n) is 12.8. The molecule has 0 amide bonds. The molecule has 0 aliphatic carbocycles. The van der Waals surface area contributed by atoms with Gasteiger partial charge in [-0.25, -0.2) is 4.39 Å². The van der Waals surface area contributed by atoms with Crippen molar-refractivity contribution in [3.05, 3.63) is 71.7 Å². The van der Waals surface area contributed by atoms with E-state index in [-0.39, 0.29) is 17.8 Å². The van der Waals surface area contributed by atoms with Crippen LogP contribution in [-0.2, 0) is 6.54 Å². The van der Waals surface area contributed by atoms with Gasteiger partial charge in [-0.2, -0.15) is 19.6 Å². The van der Waals surface area contributed by atoms with Crippen LogP contribution < -0.4 is 16.0 Å². The molecule has 0 spiro atoms. The Morgan fingerprint density at radius 1 is 1.11 bits per heavy atom. The van der Waals surface area contributed by atoms with Crippen LogP contribution in [0.5, 0.6) is 0 Å². The highest BCUT2D eigenvalue weighted by molar-refractivity contribution is 5.87. The zero-order valence-corrected chi connectivity index (χ0v) is 21.1. The van der Waals surface area contributed by atoms with Crippen molar-refractivity contribution in [2.45, 2.75) is 45.2 Å². The molecule has 2 aromatic carbocycles. The van der Waals surface area contributed by atoms with E-state index < -0.39 is 0 Å². The molecule has 37 heavy (non-hydrogen) atoms. The van der Waals surface area contributed by atoms with Crippen LogP contribution in [0.1, 0.15) is 43.7 Å². The number of rotatable bonds is 6. The average molecular weight is 499 g/mol. The Balaban J connectivity index is 1.35. The van der Waals surface area contributed by atoms with Crippen molar-refractivity contribution in [3.63, 3.8) is 0 Å². The summed E-state index contributed by atoms with van der Waals surface area (Å²) in [4.78, 5) is 15.4. The van der Waals surface area contributed by atoms with Crippen LogP contribution in [0.2, 0.25) is 0 Å². The van der Waals surface area contributed by atoms with Crippen molar-refractivity contribution in [1.82, 2.24) is 24.6 Å². The molecule has 3 aromatic heterocycles. The SMILES string of the molecule is CC(C)c1cnn2c(NCc3ccccc3-c3cc4c(F)cccc4[nH]3)nc(N3CCC(N)CC3)nc12. The summed E-state index contributed by atoms with van der Waals surface area (Å²) in [5.41, 5.74) is 11.7. The Hall–Kier alpha value is -3.98. The molecule has 0 saturated carbocycles. The summed E-state index contributed by atoms with van der Waals surface area (Å²) in [7, 11) is 0. The van der Waals surface area contributed by atoms with Gasteiger partial charge in [-0.3, -0.25) is 0 Å². The van der Waals surface area contributed by atoms with Gasteiger partial charge in [-0.1, -0.05) is 44.2 Å². The number of halogens is 1. The third-order valence-corrected chi connectivity index (χ3v) is 7.18. The number of hydrogen-bond donors (Lipinski definition) is 3. The van der Waals surface area contributed by atoms with Crippen LogP contribution in [0.15, 0.2) is 54.7 Å². The molecule has 4 N–H and O–H groups in total. The molecule has 6 rings (SSSR count). The molecule has 0 atom stereocenters. The van der Waals surface area contributed by atoms with Crippen molar-refractivity contribution in [2.24, 2.45) is 5.73 Å². The summed E-state index contributed by atoms with van der Waals surface area (Å²) in [5.74, 6) is 1.39. The fraction of sp³-hybridized carbons (Fsp3) is 0.321. The Bertz CT molecular complexity index is 1560. The number of aromatic amines is 1. The highest BCUT2D eigenvalue weighted by Crippen LogP contribution is 2.29. The molecule has 1 aliphatic heterocycles. The molecule has 1 saturated heterocycles. The number of nitrogens with two attached hydrogens (primary N) is 1. The summed E-state index contributed by atoms with van der Waals surface area (Å²) in [6, 6.07) is 15.3. The summed E-state index contributed by atoms with van der Waals surface area (Å²) < 4.78 is 16.1. The Morgan fingerprint density at radius 3 is 2.70 bits per heavy atom. The number of anilines is 2. The van der Waals surface area contributed by atoms with Crippen molar-refractivity contribution in [3.8, 4) is 11.3 Å². The normalized spacial score (nSPS) is 14.8. The number of hydrogen-bond acceptors (Lipinski definition) is 6. The molecule has 1 fully saturated rings. The van der Waals surface area contributed by atoms with Gasteiger partial charge < -0.3 is 20.9 Å². The third-order valence-electron chi connectivity index (χ3n) is 7.18. The Morgan fingerprint density at radius 2 is 1.92 bits per heavy atom. The topological polar surface area (TPSA) is 100 Å². The lowest BCUT2D eigenvalue weighted by molar-refractivity contribution is 0.495. The van der Waals surface area contributed by atoms with Crippen LogP contribution in [-0.4, -0.2) is 43.7 Å². The lowest BCUT2D eigenvalue weighted by Crippen LogP contribution is -2.40. The van der Waals surface area contributed by atoms with E-state index in [1.807, 2.05) is 36.5 Å². The van der Waals surface area contributed by atoms with E-state index in [1.54, 1.807) is 10.6 Å². The minimum absolute atomic E-state index is 0.230.